The summed E-state index contributed by atoms with van der Waals surface area (Å²) in [6, 6.07) is 10.8. The molecule has 4 N–H and O–H groups in total. The number of fused-ring (bicyclic) bond motifs is 1. The lowest BCUT2D eigenvalue weighted by Gasteiger charge is -2.13. The van der Waals surface area contributed by atoms with Crippen molar-refractivity contribution in [2.75, 3.05) is 39.7 Å². The number of aryl methyl sites for hydroxylation is 1. The van der Waals surface area contributed by atoms with Crippen molar-refractivity contribution in [3.05, 3.63) is 52.6 Å². The summed E-state index contributed by atoms with van der Waals surface area (Å²) in [6.45, 7) is 1.19. The zero-order valence-electron chi connectivity index (χ0n) is 20.9. The molecule has 4 rings (SSSR count). The Bertz CT molecular complexity index is 1360. The van der Waals surface area contributed by atoms with E-state index in [4.69, 9.17) is 18.7 Å². The van der Waals surface area contributed by atoms with E-state index in [0.717, 1.165) is 11.8 Å². The van der Waals surface area contributed by atoms with Crippen molar-refractivity contribution in [3.8, 4) is 28.6 Å². The number of nitrogens with zero attached hydrogens (tertiary/aromatic N) is 3. The molecule has 0 saturated heterocycles. The Morgan fingerprint density at radius 2 is 1.78 bits per heavy atom. The topological polar surface area (TPSA) is 157 Å². The van der Waals surface area contributed by atoms with Crippen molar-refractivity contribution in [1.29, 1.82) is 0 Å². The van der Waals surface area contributed by atoms with E-state index < -0.39 is 6.23 Å². The zero-order chi connectivity index (χ0) is 26.2. The van der Waals surface area contributed by atoms with Gasteiger partial charge in [-0.25, -0.2) is 5.10 Å². The molecule has 1 atom stereocenters. The number of aliphatic hydroxyl groups excluding tert-OH is 1. The fourth-order valence-electron chi connectivity index (χ4n) is 3.86. The fraction of sp³-hybridized carbons (Fsp3) is 0.360. The van der Waals surface area contributed by atoms with Gasteiger partial charge in [-0.1, -0.05) is 23.4 Å². The lowest BCUT2D eigenvalue weighted by molar-refractivity contribution is 0.125. The standard InChI is InChI=1S/C25H30N6O6/c1-34-18-13-15(14-19(35-2)22(18)36-3)23-28-21(37-31-23)10-9-20(32)26-11-6-12-27-24-16-7-4-5-8-17(16)25(33)30-29-24/h4-5,7-8,13-14,20,26,32H,6,9-12H2,1-3H3,(H,27,29)(H,30,33). The van der Waals surface area contributed by atoms with Gasteiger partial charge in [-0.05, 0) is 37.6 Å². The van der Waals surface area contributed by atoms with Gasteiger partial charge in [-0.15, -0.1) is 0 Å². The second-order valence-electron chi connectivity index (χ2n) is 8.16. The van der Waals surface area contributed by atoms with Gasteiger partial charge in [0, 0.05) is 23.9 Å². The number of hydrogen-bond acceptors (Lipinski definition) is 11. The van der Waals surface area contributed by atoms with Crippen LogP contribution in [0, 0.1) is 0 Å². The summed E-state index contributed by atoms with van der Waals surface area (Å²) in [5.74, 6) is 2.86. The molecule has 12 heteroatoms. The molecule has 0 aliphatic rings. The lowest BCUT2D eigenvalue weighted by Crippen LogP contribution is -2.31. The van der Waals surface area contributed by atoms with Crippen LogP contribution in [0.25, 0.3) is 22.2 Å². The first-order valence-corrected chi connectivity index (χ1v) is 11.8. The van der Waals surface area contributed by atoms with Gasteiger partial charge in [-0.3, -0.25) is 10.1 Å². The van der Waals surface area contributed by atoms with Gasteiger partial charge in [0.1, 0.15) is 6.23 Å². The number of aromatic nitrogens is 4. The molecule has 12 nitrogen and oxygen atoms in total. The van der Waals surface area contributed by atoms with Gasteiger partial charge in [0.2, 0.25) is 17.5 Å². The summed E-state index contributed by atoms with van der Waals surface area (Å²) in [5, 5.41) is 28.6. The van der Waals surface area contributed by atoms with E-state index in [9.17, 15) is 9.90 Å². The van der Waals surface area contributed by atoms with Gasteiger partial charge < -0.3 is 29.2 Å². The summed E-state index contributed by atoms with van der Waals surface area (Å²) in [5.41, 5.74) is 0.434. The van der Waals surface area contributed by atoms with Gasteiger partial charge in [0.05, 0.1) is 26.7 Å². The summed E-state index contributed by atoms with van der Waals surface area (Å²) < 4.78 is 21.4. The Morgan fingerprint density at radius 1 is 1.05 bits per heavy atom. The Kier molecular flexibility index (Phi) is 8.54. The van der Waals surface area contributed by atoms with E-state index in [1.807, 2.05) is 18.2 Å². The number of methoxy groups -OCH3 is 3. The van der Waals surface area contributed by atoms with Gasteiger partial charge >= 0.3 is 0 Å². The molecule has 0 radical (unpaired) electrons. The molecular formula is C25H30N6O6. The molecule has 196 valence electrons. The van der Waals surface area contributed by atoms with Crippen LogP contribution >= 0.6 is 0 Å². The molecule has 0 bridgehead atoms. The fourth-order valence-corrected chi connectivity index (χ4v) is 3.86. The first kappa shape index (κ1) is 25.9. The van der Waals surface area contributed by atoms with Gasteiger partial charge in [-0.2, -0.15) is 10.1 Å². The first-order chi connectivity index (χ1) is 18.0. The maximum absolute atomic E-state index is 11.9. The first-order valence-electron chi connectivity index (χ1n) is 11.8. The van der Waals surface area contributed by atoms with Gasteiger partial charge in [0.15, 0.2) is 17.3 Å². The maximum Gasteiger partial charge on any atom is 0.272 e. The molecule has 0 aliphatic carbocycles. The van der Waals surface area contributed by atoms with Crippen LogP contribution in [0.2, 0.25) is 0 Å². The van der Waals surface area contributed by atoms with Crippen LogP contribution in [-0.2, 0) is 6.42 Å². The van der Waals surface area contributed by atoms with Crippen LogP contribution in [0.3, 0.4) is 0 Å². The second kappa shape index (κ2) is 12.2. The van der Waals surface area contributed by atoms with Crippen molar-refractivity contribution < 1.29 is 23.8 Å². The number of anilines is 1. The third-order valence-electron chi connectivity index (χ3n) is 5.74. The molecule has 0 amide bonds. The zero-order valence-corrected chi connectivity index (χ0v) is 20.9. The number of rotatable bonds is 13. The number of nitrogens with one attached hydrogen (secondary N) is 3. The molecule has 1 unspecified atom stereocenters. The minimum atomic E-state index is -0.733. The van der Waals surface area contributed by atoms with Crippen LogP contribution in [0.1, 0.15) is 18.7 Å². The highest BCUT2D eigenvalue weighted by Crippen LogP contribution is 2.40. The molecule has 0 fully saturated rings. The van der Waals surface area contributed by atoms with Crippen LogP contribution in [-0.4, -0.2) is 66.1 Å². The maximum atomic E-state index is 11.9. The summed E-state index contributed by atoms with van der Waals surface area (Å²) in [6.07, 6.45) is 0.801. The van der Waals surface area contributed by atoms with Crippen molar-refractivity contribution >= 4 is 16.6 Å². The van der Waals surface area contributed by atoms with E-state index in [1.54, 1.807) is 18.2 Å². The van der Waals surface area contributed by atoms with Crippen LogP contribution in [0.5, 0.6) is 17.2 Å². The Balaban J connectivity index is 1.24. The molecule has 0 saturated carbocycles. The monoisotopic (exact) mass is 510 g/mol. The number of H-pyrrole nitrogens is 1. The average molecular weight is 511 g/mol. The third-order valence-corrected chi connectivity index (χ3v) is 5.74. The molecule has 2 aromatic heterocycles. The Morgan fingerprint density at radius 3 is 2.49 bits per heavy atom. The van der Waals surface area contributed by atoms with E-state index in [0.29, 0.717) is 71.7 Å². The van der Waals surface area contributed by atoms with Crippen molar-refractivity contribution in [1.82, 2.24) is 25.7 Å². The number of aliphatic hydroxyl groups is 1. The molecule has 37 heavy (non-hydrogen) atoms. The molecule has 2 aromatic carbocycles. The van der Waals surface area contributed by atoms with Crippen molar-refractivity contribution in [3.63, 3.8) is 0 Å². The van der Waals surface area contributed by atoms with E-state index >= 15 is 0 Å². The summed E-state index contributed by atoms with van der Waals surface area (Å²) >= 11 is 0. The highest BCUT2D eigenvalue weighted by Gasteiger charge is 2.18. The highest BCUT2D eigenvalue weighted by atomic mass is 16.5. The normalized spacial score (nSPS) is 11.9. The molecule has 2 heterocycles. The minimum absolute atomic E-state index is 0.220. The SMILES string of the molecule is COc1cc(-c2noc(CCC(O)NCCCNc3n[nH]c(=O)c4ccccc34)n2)cc(OC)c1OC. The molecular weight excluding hydrogens is 480 g/mol. The predicted molar refractivity (Wildman–Crippen MR) is 137 cm³/mol. The second-order valence-corrected chi connectivity index (χ2v) is 8.16. The number of hydrogen-bond donors (Lipinski definition) is 4. The van der Waals surface area contributed by atoms with E-state index in [1.165, 1.54) is 21.3 Å². The number of aromatic amines is 1. The number of ether oxygens (including phenoxy) is 3. The summed E-state index contributed by atoms with van der Waals surface area (Å²) in [7, 11) is 4.61. The average Bonchev–Trinajstić information content (AvgIpc) is 3.41. The van der Waals surface area contributed by atoms with Crippen molar-refractivity contribution in [2.45, 2.75) is 25.5 Å². The molecule has 4 aromatic rings. The molecule has 0 aliphatic heterocycles. The van der Waals surface area contributed by atoms with Crippen molar-refractivity contribution in [2.24, 2.45) is 0 Å². The minimum Gasteiger partial charge on any atom is -0.493 e. The number of benzene rings is 2. The highest BCUT2D eigenvalue weighted by molar-refractivity contribution is 5.90. The quantitative estimate of drug-likeness (QED) is 0.155. The third kappa shape index (κ3) is 6.16. The van der Waals surface area contributed by atoms with Gasteiger partial charge in [0.25, 0.3) is 5.56 Å². The van der Waals surface area contributed by atoms with Crippen LogP contribution in [0.4, 0.5) is 5.82 Å². The van der Waals surface area contributed by atoms with E-state index in [2.05, 4.69) is 31.0 Å². The Labute approximate surface area is 213 Å². The smallest absolute Gasteiger partial charge is 0.272 e. The van der Waals surface area contributed by atoms with Crippen LogP contribution in [0.15, 0.2) is 45.7 Å². The summed E-state index contributed by atoms with van der Waals surface area (Å²) in [4.78, 5) is 16.3. The van der Waals surface area contributed by atoms with Crippen LogP contribution < -0.4 is 30.4 Å². The van der Waals surface area contributed by atoms with E-state index in [-0.39, 0.29) is 5.56 Å². The lowest BCUT2D eigenvalue weighted by atomic mass is 10.1. The predicted octanol–water partition coefficient (Wildman–Crippen LogP) is 2.34. The Hall–Kier alpha value is -4.16. The largest absolute Gasteiger partial charge is 0.493 e. The molecule has 0 spiro atoms.